The first kappa shape index (κ1) is 17.6. The minimum Gasteiger partial charge on any atom is -0.301 e. The highest BCUT2D eigenvalue weighted by molar-refractivity contribution is 6.30. The summed E-state index contributed by atoms with van der Waals surface area (Å²) >= 11 is 6.29. The normalized spacial score (nSPS) is 18.0. The molecule has 0 amide bonds. The van der Waals surface area contributed by atoms with E-state index in [-0.39, 0.29) is 0 Å². The maximum atomic E-state index is 6.29. The van der Waals surface area contributed by atoms with Gasteiger partial charge in [0.05, 0.1) is 16.4 Å². The number of imidazole rings is 1. The van der Waals surface area contributed by atoms with E-state index < -0.39 is 0 Å². The summed E-state index contributed by atoms with van der Waals surface area (Å²) in [5, 5.41) is 0.747. The molecule has 136 valence electrons. The van der Waals surface area contributed by atoms with E-state index in [0.29, 0.717) is 0 Å². The number of likely N-dealkylation sites (tertiary alicyclic amines) is 1. The second-order valence-electron chi connectivity index (χ2n) is 7.53. The van der Waals surface area contributed by atoms with Crippen molar-refractivity contribution in [2.24, 2.45) is 5.92 Å². The van der Waals surface area contributed by atoms with E-state index in [4.69, 9.17) is 16.6 Å². The molecule has 2 aromatic heterocycles. The lowest BCUT2D eigenvalue weighted by Crippen LogP contribution is -2.21. The van der Waals surface area contributed by atoms with Gasteiger partial charge in [-0.05, 0) is 44.4 Å². The summed E-state index contributed by atoms with van der Waals surface area (Å²) in [5.41, 5.74) is 5.72. The number of nitrogens with zero attached hydrogens (tertiary/aromatic N) is 3. The molecule has 1 unspecified atom stereocenters. The standard InChI is InChI=1S/C22H26ClN3/c1-3-4-17-11-12-25(13-17)15-20-22(18-7-5-16(2)6-8-18)24-21-10-9-19(23)14-26(20)21/h5-10,14,17H,3-4,11-13,15H2,1-2H3. The minimum absolute atomic E-state index is 0.747. The Morgan fingerprint density at radius 1 is 1.15 bits per heavy atom. The molecule has 3 heterocycles. The Morgan fingerprint density at radius 3 is 2.73 bits per heavy atom. The summed E-state index contributed by atoms with van der Waals surface area (Å²) in [4.78, 5) is 7.50. The third kappa shape index (κ3) is 3.51. The summed E-state index contributed by atoms with van der Waals surface area (Å²) in [7, 11) is 0. The van der Waals surface area contributed by atoms with Crippen molar-refractivity contribution in [2.75, 3.05) is 13.1 Å². The van der Waals surface area contributed by atoms with Crippen LogP contribution in [0.1, 0.15) is 37.4 Å². The van der Waals surface area contributed by atoms with Gasteiger partial charge in [-0.1, -0.05) is 54.8 Å². The number of halogens is 1. The summed E-state index contributed by atoms with van der Waals surface area (Å²) in [6.07, 6.45) is 5.92. The van der Waals surface area contributed by atoms with Gasteiger partial charge >= 0.3 is 0 Å². The Morgan fingerprint density at radius 2 is 1.96 bits per heavy atom. The van der Waals surface area contributed by atoms with Crippen LogP contribution in [0.3, 0.4) is 0 Å². The molecule has 3 aromatic rings. The van der Waals surface area contributed by atoms with Gasteiger partial charge in [0, 0.05) is 24.8 Å². The maximum absolute atomic E-state index is 6.29. The van der Waals surface area contributed by atoms with Crippen molar-refractivity contribution < 1.29 is 0 Å². The lowest BCUT2D eigenvalue weighted by molar-refractivity contribution is 0.309. The van der Waals surface area contributed by atoms with Crippen LogP contribution in [0.25, 0.3) is 16.9 Å². The zero-order valence-corrected chi connectivity index (χ0v) is 16.3. The molecule has 3 nitrogen and oxygen atoms in total. The van der Waals surface area contributed by atoms with E-state index in [2.05, 4.69) is 47.4 Å². The molecular formula is C22H26ClN3. The van der Waals surface area contributed by atoms with Crippen LogP contribution in [0.4, 0.5) is 0 Å². The predicted octanol–water partition coefficient (Wildman–Crippen LogP) is 5.59. The van der Waals surface area contributed by atoms with Crippen molar-refractivity contribution in [3.05, 3.63) is 58.9 Å². The van der Waals surface area contributed by atoms with Crippen molar-refractivity contribution in [3.8, 4) is 11.3 Å². The monoisotopic (exact) mass is 367 g/mol. The van der Waals surface area contributed by atoms with Crippen LogP contribution in [0, 0.1) is 12.8 Å². The van der Waals surface area contributed by atoms with Crippen LogP contribution in [-0.2, 0) is 6.54 Å². The molecule has 1 atom stereocenters. The fourth-order valence-corrected chi connectivity index (χ4v) is 4.23. The molecule has 1 saturated heterocycles. The molecule has 0 radical (unpaired) electrons. The number of rotatable bonds is 5. The SMILES string of the molecule is CCCC1CCN(Cc2c(-c3ccc(C)cc3)nc3ccc(Cl)cn23)C1. The van der Waals surface area contributed by atoms with Gasteiger partial charge in [-0.25, -0.2) is 4.98 Å². The highest BCUT2D eigenvalue weighted by atomic mass is 35.5. The molecule has 0 aliphatic carbocycles. The second kappa shape index (κ2) is 7.42. The highest BCUT2D eigenvalue weighted by Crippen LogP contribution is 2.29. The number of hydrogen-bond acceptors (Lipinski definition) is 2. The van der Waals surface area contributed by atoms with Crippen molar-refractivity contribution in [2.45, 2.75) is 39.7 Å². The van der Waals surface area contributed by atoms with Gasteiger partial charge in [-0.3, -0.25) is 4.90 Å². The molecule has 1 aliphatic rings. The van der Waals surface area contributed by atoms with Crippen LogP contribution < -0.4 is 0 Å². The number of aromatic nitrogens is 2. The molecule has 26 heavy (non-hydrogen) atoms. The fourth-order valence-electron chi connectivity index (χ4n) is 4.07. The van der Waals surface area contributed by atoms with Gasteiger partial charge in [0.2, 0.25) is 0 Å². The Balaban J connectivity index is 1.72. The fraction of sp³-hybridized carbons (Fsp3) is 0.409. The van der Waals surface area contributed by atoms with E-state index in [0.717, 1.165) is 28.8 Å². The first-order chi connectivity index (χ1) is 12.6. The quantitative estimate of drug-likeness (QED) is 0.586. The van der Waals surface area contributed by atoms with Gasteiger partial charge in [0.25, 0.3) is 0 Å². The van der Waals surface area contributed by atoms with Crippen LogP contribution >= 0.6 is 11.6 Å². The summed E-state index contributed by atoms with van der Waals surface area (Å²) in [5.74, 6) is 0.839. The lowest BCUT2D eigenvalue weighted by atomic mass is 10.0. The average Bonchev–Trinajstić information content (AvgIpc) is 3.21. The first-order valence-corrected chi connectivity index (χ1v) is 9.97. The summed E-state index contributed by atoms with van der Waals surface area (Å²) in [6, 6.07) is 12.6. The van der Waals surface area contributed by atoms with Gasteiger partial charge in [-0.15, -0.1) is 0 Å². The molecular weight excluding hydrogens is 342 g/mol. The maximum Gasteiger partial charge on any atom is 0.137 e. The van der Waals surface area contributed by atoms with Crippen molar-refractivity contribution in [3.63, 3.8) is 0 Å². The third-order valence-corrected chi connectivity index (χ3v) is 5.67. The van der Waals surface area contributed by atoms with E-state index in [1.807, 2.05) is 18.3 Å². The number of fused-ring (bicyclic) bond motifs is 1. The zero-order valence-electron chi connectivity index (χ0n) is 15.6. The van der Waals surface area contributed by atoms with Gasteiger partial charge in [0.1, 0.15) is 5.65 Å². The lowest BCUT2D eigenvalue weighted by Gasteiger charge is -2.17. The number of benzene rings is 1. The summed E-state index contributed by atoms with van der Waals surface area (Å²) < 4.78 is 2.17. The highest BCUT2D eigenvalue weighted by Gasteiger charge is 2.24. The predicted molar refractivity (Wildman–Crippen MR) is 109 cm³/mol. The molecule has 1 fully saturated rings. The van der Waals surface area contributed by atoms with Crippen LogP contribution in [0.5, 0.6) is 0 Å². The van der Waals surface area contributed by atoms with Crippen LogP contribution in [-0.4, -0.2) is 27.4 Å². The topological polar surface area (TPSA) is 20.5 Å². The Hall–Kier alpha value is -1.84. The van der Waals surface area contributed by atoms with Crippen LogP contribution in [0.2, 0.25) is 5.02 Å². The average molecular weight is 368 g/mol. The van der Waals surface area contributed by atoms with Crippen molar-refractivity contribution >= 4 is 17.2 Å². The number of hydrogen-bond donors (Lipinski definition) is 0. The Bertz CT molecular complexity index is 898. The molecule has 0 bridgehead atoms. The van der Waals surface area contributed by atoms with Gasteiger partial charge in [0.15, 0.2) is 0 Å². The van der Waals surface area contributed by atoms with Crippen LogP contribution in [0.15, 0.2) is 42.6 Å². The molecule has 1 aromatic carbocycles. The van der Waals surface area contributed by atoms with Gasteiger partial charge < -0.3 is 4.40 Å². The van der Waals surface area contributed by atoms with Crippen molar-refractivity contribution in [1.82, 2.24) is 14.3 Å². The summed E-state index contributed by atoms with van der Waals surface area (Å²) in [6.45, 7) is 7.68. The van der Waals surface area contributed by atoms with E-state index >= 15 is 0 Å². The van der Waals surface area contributed by atoms with E-state index in [9.17, 15) is 0 Å². The zero-order chi connectivity index (χ0) is 18.1. The molecule has 1 aliphatic heterocycles. The Kier molecular flexibility index (Phi) is 5.01. The second-order valence-corrected chi connectivity index (χ2v) is 7.96. The minimum atomic E-state index is 0.747. The van der Waals surface area contributed by atoms with Crippen molar-refractivity contribution in [1.29, 1.82) is 0 Å². The molecule has 4 rings (SSSR count). The number of pyridine rings is 1. The Labute approximate surface area is 160 Å². The first-order valence-electron chi connectivity index (χ1n) is 9.60. The largest absolute Gasteiger partial charge is 0.301 e. The van der Waals surface area contributed by atoms with E-state index in [1.165, 1.54) is 49.2 Å². The molecule has 0 N–H and O–H groups in total. The smallest absolute Gasteiger partial charge is 0.137 e. The van der Waals surface area contributed by atoms with Gasteiger partial charge in [-0.2, -0.15) is 0 Å². The van der Waals surface area contributed by atoms with E-state index in [1.54, 1.807) is 0 Å². The third-order valence-electron chi connectivity index (χ3n) is 5.45. The number of aryl methyl sites for hydroxylation is 1. The molecule has 0 spiro atoms. The molecule has 0 saturated carbocycles. The molecule has 4 heteroatoms.